The van der Waals surface area contributed by atoms with E-state index in [1.165, 1.54) is 19.3 Å². The van der Waals surface area contributed by atoms with Crippen LogP contribution in [0.2, 0.25) is 0 Å². The van der Waals surface area contributed by atoms with Gasteiger partial charge in [0.15, 0.2) is 0 Å². The minimum Gasteiger partial charge on any atom is -0.392 e. The fourth-order valence-corrected chi connectivity index (χ4v) is 2.27. The Bertz CT molecular complexity index is 182. The van der Waals surface area contributed by atoms with Crippen molar-refractivity contribution in [2.75, 3.05) is 6.54 Å². The fraction of sp³-hybridized carbons (Fsp3) is 1.00. The standard InChI is InChI=1S/C11H21NO2/c13-10-4-2-1-3-9(10)12-7-11(14)8-5-6-8/h8-14H,1-7H2/t9-,10-,11?/m1/s1. The maximum atomic E-state index is 9.69. The van der Waals surface area contributed by atoms with Crippen LogP contribution in [0.25, 0.3) is 0 Å². The summed E-state index contributed by atoms with van der Waals surface area (Å²) < 4.78 is 0. The van der Waals surface area contributed by atoms with Crippen LogP contribution in [-0.2, 0) is 0 Å². The Morgan fingerprint density at radius 2 is 1.86 bits per heavy atom. The third kappa shape index (κ3) is 2.69. The molecular formula is C11H21NO2. The summed E-state index contributed by atoms with van der Waals surface area (Å²) in [5.74, 6) is 0.531. The number of aliphatic hydroxyl groups excluding tert-OH is 2. The van der Waals surface area contributed by atoms with Crippen molar-refractivity contribution in [1.29, 1.82) is 0 Å². The van der Waals surface area contributed by atoms with Crippen LogP contribution in [0.4, 0.5) is 0 Å². The summed E-state index contributed by atoms with van der Waals surface area (Å²) in [6.07, 6.45) is 6.28. The van der Waals surface area contributed by atoms with Crippen molar-refractivity contribution in [1.82, 2.24) is 5.32 Å². The maximum Gasteiger partial charge on any atom is 0.0693 e. The molecule has 0 amide bonds. The van der Waals surface area contributed by atoms with Crippen LogP contribution in [0.15, 0.2) is 0 Å². The molecule has 0 saturated heterocycles. The lowest BCUT2D eigenvalue weighted by Crippen LogP contribution is -2.45. The van der Waals surface area contributed by atoms with E-state index in [1.54, 1.807) is 0 Å². The molecule has 14 heavy (non-hydrogen) atoms. The van der Waals surface area contributed by atoms with E-state index in [4.69, 9.17) is 0 Å². The molecule has 2 aliphatic rings. The second-order valence-electron chi connectivity index (χ2n) is 4.77. The number of nitrogens with one attached hydrogen (secondary N) is 1. The first-order chi connectivity index (χ1) is 6.77. The van der Waals surface area contributed by atoms with Crippen LogP contribution >= 0.6 is 0 Å². The van der Waals surface area contributed by atoms with Crippen LogP contribution in [0, 0.1) is 5.92 Å². The second-order valence-corrected chi connectivity index (χ2v) is 4.77. The van der Waals surface area contributed by atoms with E-state index in [0.29, 0.717) is 12.5 Å². The average molecular weight is 199 g/mol. The van der Waals surface area contributed by atoms with E-state index in [9.17, 15) is 10.2 Å². The van der Waals surface area contributed by atoms with E-state index in [2.05, 4.69) is 5.32 Å². The maximum absolute atomic E-state index is 9.69. The molecule has 3 atom stereocenters. The van der Waals surface area contributed by atoms with Gasteiger partial charge in [0.1, 0.15) is 0 Å². The molecule has 0 aromatic carbocycles. The van der Waals surface area contributed by atoms with Crippen molar-refractivity contribution in [3.63, 3.8) is 0 Å². The summed E-state index contributed by atoms with van der Waals surface area (Å²) in [4.78, 5) is 0. The Labute approximate surface area is 85.5 Å². The molecule has 0 aromatic rings. The third-order valence-corrected chi connectivity index (χ3v) is 3.48. The molecule has 1 unspecified atom stereocenters. The molecule has 3 N–H and O–H groups in total. The zero-order valence-electron chi connectivity index (χ0n) is 8.65. The van der Waals surface area contributed by atoms with Gasteiger partial charge < -0.3 is 15.5 Å². The number of aliphatic hydroxyl groups is 2. The molecule has 0 radical (unpaired) electrons. The third-order valence-electron chi connectivity index (χ3n) is 3.48. The van der Waals surface area contributed by atoms with Crippen LogP contribution < -0.4 is 5.32 Å². The van der Waals surface area contributed by atoms with Crippen molar-refractivity contribution in [2.24, 2.45) is 5.92 Å². The van der Waals surface area contributed by atoms with Gasteiger partial charge in [-0.05, 0) is 31.6 Å². The molecule has 2 saturated carbocycles. The van der Waals surface area contributed by atoms with Crippen LogP contribution in [0.3, 0.4) is 0 Å². The topological polar surface area (TPSA) is 52.5 Å². The minimum absolute atomic E-state index is 0.191. The Morgan fingerprint density at radius 3 is 2.50 bits per heavy atom. The Kier molecular flexibility index (Phi) is 3.42. The summed E-state index contributed by atoms with van der Waals surface area (Å²) >= 11 is 0. The highest BCUT2D eigenvalue weighted by molar-refractivity contribution is 4.86. The van der Waals surface area contributed by atoms with Crippen LogP contribution in [0.5, 0.6) is 0 Å². The Hall–Kier alpha value is -0.120. The van der Waals surface area contributed by atoms with Crippen molar-refractivity contribution in [3.8, 4) is 0 Å². The van der Waals surface area contributed by atoms with E-state index in [-0.39, 0.29) is 18.2 Å². The summed E-state index contributed by atoms with van der Waals surface area (Å²) in [5, 5.41) is 22.6. The van der Waals surface area contributed by atoms with Gasteiger partial charge in [-0.15, -0.1) is 0 Å². The van der Waals surface area contributed by atoms with Crippen molar-refractivity contribution in [3.05, 3.63) is 0 Å². The average Bonchev–Trinajstić information content (AvgIpc) is 2.99. The smallest absolute Gasteiger partial charge is 0.0693 e. The predicted molar refractivity (Wildman–Crippen MR) is 55.0 cm³/mol. The molecule has 2 rings (SSSR count). The quantitative estimate of drug-likeness (QED) is 0.623. The molecule has 3 heteroatoms. The van der Waals surface area contributed by atoms with Gasteiger partial charge in [-0.25, -0.2) is 0 Å². The van der Waals surface area contributed by atoms with Crippen molar-refractivity contribution < 1.29 is 10.2 Å². The molecule has 2 aliphatic carbocycles. The highest BCUT2D eigenvalue weighted by Gasteiger charge is 2.30. The number of hydrogen-bond donors (Lipinski definition) is 3. The van der Waals surface area contributed by atoms with Gasteiger partial charge in [0.05, 0.1) is 12.2 Å². The van der Waals surface area contributed by atoms with Crippen LogP contribution in [0.1, 0.15) is 38.5 Å². The first-order valence-electron chi connectivity index (χ1n) is 5.87. The minimum atomic E-state index is -0.199. The lowest BCUT2D eigenvalue weighted by Gasteiger charge is -2.29. The van der Waals surface area contributed by atoms with E-state index in [0.717, 1.165) is 19.3 Å². The molecule has 82 valence electrons. The largest absolute Gasteiger partial charge is 0.392 e. The molecule has 2 fully saturated rings. The van der Waals surface area contributed by atoms with Gasteiger partial charge in [0.25, 0.3) is 0 Å². The fourth-order valence-electron chi connectivity index (χ4n) is 2.27. The van der Waals surface area contributed by atoms with Gasteiger partial charge in [-0.2, -0.15) is 0 Å². The molecule has 0 bridgehead atoms. The predicted octanol–water partition coefficient (Wildman–Crippen LogP) is 0.650. The molecule has 0 aromatic heterocycles. The van der Waals surface area contributed by atoms with Gasteiger partial charge >= 0.3 is 0 Å². The van der Waals surface area contributed by atoms with Crippen molar-refractivity contribution >= 4 is 0 Å². The lowest BCUT2D eigenvalue weighted by atomic mass is 9.92. The van der Waals surface area contributed by atoms with Gasteiger partial charge in [-0.3, -0.25) is 0 Å². The molecule has 3 nitrogen and oxygen atoms in total. The normalized spacial score (nSPS) is 35.6. The van der Waals surface area contributed by atoms with Gasteiger partial charge in [-0.1, -0.05) is 12.8 Å². The SMILES string of the molecule is OC(CN[C@@H]1CCCC[C@H]1O)C1CC1. The molecule has 0 aliphatic heterocycles. The summed E-state index contributed by atoms with van der Waals surface area (Å²) in [5.41, 5.74) is 0. The Morgan fingerprint density at radius 1 is 1.14 bits per heavy atom. The van der Waals surface area contributed by atoms with Gasteiger partial charge in [0, 0.05) is 12.6 Å². The summed E-state index contributed by atoms with van der Waals surface area (Å²) in [6.45, 7) is 0.659. The van der Waals surface area contributed by atoms with E-state index in [1.807, 2.05) is 0 Å². The summed E-state index contributed by atoms with van der Waals surface area (Å²) in [7, 11) is 0. The number of hydrogen-bond acceptors (Lipinski definition) is 3. The van der Waals surface area contributed by atoms with Crippen LogP contribution in [-0.4, -0.2) is 35.0 Å². The first-order valence-corrected chi connectivity index (χ1v) is 5.87. The summed E-state index contributed by atoms with van der Waals surface area (Å²) in [6, 6.07) is 0.220. The molecule has 0 spiro atoms. The molecule has 0 heterocycles. The number of rotatable bonds is 4. The highest BCUT2D eigenvalue weighted by atomic mass is 16.3. The van der Waals surface area contributed by atoms with Gasteiger partial charge in [0.2, 0.25) is 0 Å². The highest BCUT2D eigenvalue weighted by Crippen LogP contribution is 2.32. The van der Waals surface area contributed by atoms with E-state index < -0.39 is 0 Å². The zero-order chi connectivity index (χ0) is 9.97. The monoisotopic (exact) mass is 199 g/mol. The molecular weight excluding hydrogens is 178 g/mol. The first kappa shape index (κ1) is 10.4. The lowest BCUT2D eigenvalue weighted by molar-refractivity contribution is 0.0762. The van der Waals surface area contributed by atoms with Crippen molar-refractivity contribution in [2.45, 2.75) is 56.8 Å². The Balaban J connectivity index is 1.67. The van der Waals surface area contributed by atoms with E-state index >= 15 is 0 Å². The second kappa shape index (κ2) is 4.60. The zero-order valence-corrected chi connectivity index (χ0v) is 8.65.